The van der Waals surface area contributed by atoms with Crippen LogP contribution >= 0.6 is 0 Å². The van der Waals surface area contributed by atoms with Gasteiger partial charge in [-0.3, -0.25) is 9.59 Å². The maximum absolute atomic E-state index is 14.3. The zero-order chi connectivity index (χ0) is 38.7. The number of alkyl halides is 3. The second-order valence-electron chi connectivity index (χ2n) is 13.3. The van der Waals surface area contributed by atoms with Crippen LogP contribution in [0.5, 0.6) is 0 Å². The summed E-state index contributed by atoms with van der Waals surface area (Å²) in [4.78, 5) is 67.3. The average Bonchev–Trinajstić information content (AvgIpc) is 4.00. The molecule has 4 aromatic rings. The fourth-order valence-electron chi connectivity index (χ4n) is 7.00. The summed E-state index contributed by atoms with van der Waals surface area (Å²) in [6.45, 7) is 3.94. The zero-order valence-corrected chi connectivity index (χ0v) is 30.1. The molecule has 2 aromatic heterocycles. The molecule has 17 heteroatoms. The lowest BCUT2D eigenvalue weighted by molar-refractivity contribution is -0.140. The van der Waals surface area contributed by atoms with Crippen molar-refractivity contribution in [1.82, 2.24) is 40.4 Å². The number of aromatic nitrogens is 4. The first kappa shape index (κ1) is 37.9. The Labute approximate surface area is 308 Å². The summed E-state index contributed by atoms with van der Waals surface area (Å²) in [6.07, 6.45) is -2.03. The van der Waals surface area contributed by atoms with Crippen LogP contribution in [0.3, 0.4) is 0 Å². The molecule has 2 saturated heterocycles. The van der Waals surface area contributed by atoms with Crippen LogP contribution in [0, 0.1) is 0 Å². The predicted octanol–water partition coefficient (Wildman–Crippen LogP) is 5.97. The molecule has 0 spiro atoms. The van der Waals surface area contributed by atoms with Crippen LogP contribution in [0.25, 0.3) is 33.6 Å². The summed E-state index contributed by atoms with van der Waals surface area (Å²) in [5.74, 6) is -0.0245. The lowest BCUT2D eigenvalue weighted by Gasteiger charge is -2.26. The topological polar surface area (TPSA) is 175 Å². The van der Waals surface area contributed by atoms with Crippen molar-refractivity contribution >= 4 is 24.0 Å². The van der Waals surface area contributed by atoms with E-state index < -0.39 is 48.1 Å². The Hall–Kier alpha value is -5.87. The van der Waals surface area contributed by atoms with Crippen molar-refractivity contribution in [2.24, 2.45) is 0 Å². The number of aromatic amines is 2. The largest absolute Gasteiger partial charge is 0.453 e. The lowest BCUT2D eigenvalue weighted by atomic mass is 10.0. The standard InChI is InChI=1S/C37H41F3N8O6/c1-20(42-35(51)53-3)33(49)47-17-5-7-27(47)31-41-19-26(44-31)24-13-9-22(10-14-24)23-11-15-25(16-12-23)29-30(37(38,39)40)46-32(45-29)28-8-6-18-48(28)34(50)21(2)43-36(52)54-4/h9-16,19-21,27-28H,5-8,17-18H2,1-4H3,(H,41,44)(H,42,51)(H,43,52)(H,45,46)/t20-,21-,27-,28-/m0/s1. The number of hydrogen-bond donors (Lipinski definition) is 4. The lowest BCUT2D eigenvalue weighted by Crippen LogP contribution is -2.46. The molecule has 4 N–H and O–H groups in total. The van der Waals surface area contributed by atoms with Gasteiger partial charge in [0, 0.05) is 18.7 Å². The highest BCUT2D eigenvalue weighted by atomic mass is 19.4. The molecule has 2 fully saturated rings. The van der Waals surface area contributed by atoms with Gasteiger partial charge >= 0.3 is 18.4 Å². The normalized spacial score (nSPS) is 18.3. The van der Waals surface area contributed by atoms with Crippen LogP contribution in [0.2, 0.25) is 0 Å². The Kier molecular flexibility index (Phi) is 11.0. The molecule has 4 heterocycles. The molecule has 0 aliphatic carbocycles. The van der Waals surface area contributed by atoms with E-state index in [1.54, 1.807) is 42.3 Å². The second kappa shape index (κ2) is 15.6. The SMILES string of the molecule is COC(=O)N[C@@H](C)C(=O)N1CCC[C@H]1c1ncc(-c2ccc(-c3ccc(-c4nc([C@@H]5CCCN5C(=O)[C@H](C)NC(=O)OC)[nH]c4C(F)(F)F)cc3)cc2)[nH]1. The summed E-state index contributed by atoms with van der Waals surface area (Å²) >= 11 is 0. The van der Waals surface area contributed by atoms with Gasteiger partial charge in [0.05, 0.1) is 38.2 Å². The van der Waals surface area contributed by atoms with E-state index in [-0.39, 0.29) is 29.0 Å². The van der Waals surface area contributed by atoms with E-state index >= 15 is 0 Å². The minimum absolute atomic E-state index is 0.0208. The molecular formula is C37H41F3N8O6. The van der Waals surface area contributed by atoms with Gasteiger partial charge in [0.15, 0.2) is 0 Å². The quantitative estimate of drug-likeness (QED) is 0.162. The Morgan fingerprint density at radius 3 is 1.69 bits per heavy atom. The first-order valence-corrected chi connectivity index (χ1v) is 17.5. The van der Waals surface area contributed by atoms with Crippen molar-refractivity contribution in [3.8, 4) is 33.6 Å². The number of alkyl carbamates (subject to hydrolysis) is 2. The number of H-pyrrole nitrogens is 2. The molecule has 14 nitrogen and oxygen atoms in total. The Morgan fingerprint density at radius 1 is 0.741 bits per heavy atom. The zero-order valence-electron chi connectivity index (χ0n) is 30.1. The summed E-state index contributed by atoms with van der Waals surface area (Å²) in [6, 6.07) is 11.5. The number of amides is 4. The van der Waals surface area contributed by atoms with Crippen molar-refractivity contribution < 1.29 is 41.8 Å². The molecule has 4 atom stereocenters. The van der Waals surface area contributed by atoms with Gasteiger partial charge in [-0.25, -0.2) is 19.6 Å². The Morgan fingerprint density at radius 2 is 1.20 bits per heavy atom. The number of likely N-dealkylation sites (tertiary alicyclic amines) is 2. The van der Waals surface area contributed by atoms with E-state index in [2.05, 4.69) is 40.0 Å². The van der Waals surface area contributed by atoms with Gasteiger partial charge in [0.2, 0.25) is 11.8 Å². The third kappa shape index (κ3) is 7.89. The van der Waals surface area contributed by atoms with E-state index in [0.29, 0.717) is 31.8 Å². The molecule has 4 amide bonds. The van der Waals surface area contributed by atoms with Crippen molar-refractivity contribution in [3.05, 3.63) is 72.1 Å². The maximum Gasteiger partial charge on any atom is 0.433 e. The number of benzene rings is 2. The van der Waals surface area contributed by atoms with Gasteiger partial charge in [-0.15, -0.1) is 0 Å². The first-order chi connectivity index (χ1) is 25.8. The van der Waals surface area contributed by atoms with E-state index in [0.717, 1.165) is 35.2 Å². The van der Waals surface area contributed by atoms with Crippen LogP contribution in [0.4, 0.5) is 22.8 Å². The predicted molar refractivity (Wildman–Crippen MR) is 189 cm³/mol. The molecule has 2 aromatic carbocycles. The molecule has 0 saturated carbocycles. The number of carbonyl (C=O) groups excluding carboxylic acids is 4. The Bertz CT molecular complexity index is 2000. The van der Waals surface area contributed by atoms with E-state index in [1.807, 2.05) is 24.3 Å². The van der Waals surface area contributed by atoms with E-state index in [9.17, 15) is 32.3 Å². The maximum atomic E-state index is 14.3. The van der Waals surface area contributed by atoms with Crippen LogP contribution in [0.15, 0.2) is 54.7 Å². The number of ether oxygens (including phenoxy) is 2. The second-order valence-corrected chi connectivity index (χ2v) is 13.3. The minimum Gasteiger partial charge on any atom is -0.453 e. The fourth-order valence-corrected chi connectivity index (χ4v) is 7.00. The van der Waals surface area contributed by atoms with Crippen LogP contribution in [-0.4, -0.2) is 93.1 Å². The van der Waals surface area contributed by atoms with Crippen LogP contribution in [-0.2, 0) is 25.2 Å². The summed E-state index contributed by atoms with van der Waals surface area (Å²) in [7, 11) is 2.41. The van der Waals surface area contributed by atoms with Crippen LogP contribution < -0.4 is 10.6 Å². The van der Waals surface area contributed by atoms with Gasteiger partial charge in [-0.05, 0) is 56.2 Å². The molecule has 54 heavy (non-hydrogen) atoms. The van der Waals surface area contributed by atoms with E-state index in [1.165, 1.54) is 26.0 Å². The Balaban J connectivity index is 1.16. The number of rotatable bonds is 9. The molecule has 6 rings (SSSR count). The van der Waals surface area contributed by atoms with Gasteiger partial charge < -0.3 is 39.9 Å². The van der Waals surface area contributed by atoms with E-state index in [4.69, 9.17) is 0 Å². The number of nitrogens with one attached hydrogen (secondary N) is 4. The number of carbonyl (C=O) groups is 4. The number of nitrogens with zero attached hydrogens (tertiary/aromatic N) is 4. The number of hydrogen-bond acceptors (Lipinski definition) is 8. The molecule has 2 aliphatic rings. The van der Waals surface area contributed by atoms with Gasteiger partial charge in [0.25, 0.3) is 0 Å². The number of halogens is 3. The molecule has 0 unspecified atom stereocenters. The smallest absolute Gasteiger partial charge is 0.433 e. The fraction of sp³-hybridized carbons (Fsp3) is 0.405. The first-order valence-electron chi connectivity index (χ1n) is 17.5. The summed E-state index contributed by atoms with van der Waals surface area (Å²) in [5, 5.41) is 4.92. The number of imidazole rings is 2. The molecule has 286 valence electrons. The molecule has 0 bridgehead atoms. The van der Waals surface area contributed by atoms with Gasteiger partial charge in [-0.2, -0.15) is 13.2 Å². The van der Waals surface area contributed by atoms with Gasteiger partial charge in [-0.1, -0.05) is 48.5 Å². The highest BCUT2D eigenvalue weighted by molar-refractivity contribution is 5.86. The molecule has 0 radical (unpaired) electrons. The minimum atomic E-state index is -4.74. The van der Waals surface area contributed by atoms with Crippen molar-refractivity contribution in [3.63, 3.8) is 0 Å². The summed E-state index contributed by atoms with van der Waals surface area (Å²) in [5.41, 5.74) is 2.17. The van der Waals surface area contributed by atoms with Crippen LogP contribution in [0.1, 0.15) is 69.0 Å². The van der Waals surface area contributed by atoms with Crippen molar-refractivity contribution in [1.29, 1.82) is 0 Å². The highest BCUT2D eigenvalue weighted by Gasteiger charge is 2.41. The highest BCUT2D eigenvalue weighted by Crippen LogP contribution is 2.40. The third-order valence-corrected chi connectivity index (χ3v) is 9.77. The van der Waals surface area contributed by atoms with Gasteiger partial charge in [0.1, 0.15) is 35.1 Å². The summed E-state index contributed by atoms with van der Waals surface area (Å²) < 4.78 is 52.1. The third-order valence-electron chi connectivity index (χ3n) is 9.77. The average molecular weight is 751 g/mol. The monoisotopic (exact) mass is 750 g/mol. The molecule has 2 aliphatic heterocycles. The van der Waals surface area contributed by atoms with Crippen molar-refractivity contribution in [2.75, 3.05) is 27.3 Å². The molecular weight excluding hydrogens is 709 g/mol. The number of methoxy groups -OCH3 is 2. The van der Waals surface area contributed by atoms with Crippen molar-refractivity contribution in [2.45, 2.75) is 69.9 Å².